The van der Waals surface area contributed by atoms with E-state index in [2.05, 4.69) is 42.3 Å². The molecule has 0 fully saturated rings. The highest BCUT2D eigenvalue weighted by Crippen LogP contribution is 2.27. The SMILES string of the molecule is Cc1ccc(-c2cc(C(=O)NCCCN(C)C)c3ccccc3n2)c(C)c1. The minimum atomic E-state index is -0.0432. The van der Waals surface area contributed by atoms with Crippen LogP contribution in [0.3, 0.4) is 0 Å². The van der Waals surface area contributed by atoms with E-state index in [-0.39, 0.29) is 5.91 Å². The minimum Gasteiger partial charge on any atom is -0.352 e. The van der Waals surface area contributed by atoms with Crippen molar-refractivity contribution in [3.05, 3.63) is 65.2 Å². The number of nitrogens with zero attached hydrogens (tertiary/aromatic N) is 2. The zero-order chi connectivity index (χ0) is 19.4. The van der Waals surface area contributed by atoms with E-state index >= 15 is 0 Å². The number of hydrogen-bond donors (Lipinski definition) is 1. The lowest BCUT2D eigenvalue weighted by molar-refractivity contribution is 0.0954. The Morgan fingerprint density at radius 1 is 1.07 bits per heavy atom. The van der Waals surface area contributed by atoms with Gasteiger partial charge in [0.25, 0.3) is 5.91 Å². The Hall–Kier alpha value is -2.72. The molecule has 27 heavy (non-hydrogen) atoms. The number of rotatable bonds is 6. The number of amides is 1. The number of nitrogens with one attached hydrogen (secondary N) is 1. The molecular weight excluding hydrogens is 334 g/mol. The molecule has 0 atom stereocenters. The van der Waals surface area contributed by atoms with Crippen LogP contribution < -0.4 is 5.32 Å². The molecule has 2 aromatic carbocycles. The molecular formula is C23H27N3O. The molecule has 4 nitrogen and oxygen atoms in total. The van der Waals surface area contributed by atoms with Crippen LogP contribution in [0.4, 0.5) is 0 Å². The predicted octanol–water partition coefficient (Wildman–Crippen LogP) is 4.20. The third-order valence-corrected chi connectivity index (χ3v) is 4.69. The highest BCUT2D eigenvalue weighted by molar-refractivity contribution is 6.07. The lowest BCUT2D eigenvalue weighted by Crippen LogP contribution is -2.27. The molecule has 0 saturated carbocycles. The summed E-state index contributed by atoms with van der Waals surface area (Å²) >= 11 is 0. The van der Waals surface area contributed by atoms with Crippen LogP contribution in [-0.2, 0) is 0 Å². The van der Waals surface area contributed by atoms with Crippen LogP contribution in [0.1, 0.15) is 27.9 Å². The van der Waals surface area contributed by atoms with Gasteiger partial charge in [-0.25, -0.2) is 4.98 Å². The first-order chi connectivity index (χ1) is 13.0. The van der Waals surface area contributed by atoms with Gasteiger partial charge in [0.05, 0.1) is 16.8 Å². The fourth-order valence-corrected chi connectivity index (χ4v) is 3.29. The summed E-state index contributed by atoms with van der Waals surface area (Å²) in [5.41, 5.74) is 5.80. The van der Waals surface area contributed by atoms with Crippen molar-refractivity contribution < 1.29 is 4.79 Å². The fraction of sp³-hybridized carbons (Fsp3) is 0.304. The summed E-state index contributed by atoms with van der Waals surface area (Å²) in [5.74, 6) is -0.0432. The van der Waals surface area contributed by atoms with Gasteiger partial charge in [0.1, 0.15) is 0 Å². The van der Waals surface area contributed by atoms with E-state index in [1.165, 1.54) is 5.56 Å². The molecule has 0 radical (unpaired) electrons. The largest absolute Gasteiger partial charge is 0.352 e. The smallest absolute Gasteiger partial charge is 0.252 e. The molecule has 0 saturated heterocycles. The summed E-state index contributed by atoms with van der Waals surface area (Å²) in [6, 6.07) is 16.1. The Morgan fingerprint density at radius 2 is 1.85 bits per heavy atom. The second kappa shape index (κ2) is 8.31. The number of benzene rings is 2. The van der Waals surface area contributed by atoms with Crippen LogP contribution in [0.25, 0.3) is 22.2 Å². The number of carbonyl (C=O) groups excluding carboxylic acids is 1. The Labute approximate surface area is 161 Å². The monoisotopic (exact) mass is 361 g/mol. The fourth-order valence-electron chi connectivity index (χ4n) is 3.29. The summed E-state index contributed by atoms with van der Waals surface area (Å²) in [5, 5.41) is 3.94. The van der Waals surface area contributed by atoms with Gasteiger partial charge in [0.15, 0.2) is 0 Å². The molecule has 1 aromatic heterocycles. The zero-order valence-electron chi connectivity index (χ0n) is 16.5. The van der Waals surface area contributed by atoms with Crippen molar-refractivity contribution in [1.29, 1.82) is 0 Å². The highest BCUT2D eigenvalue weighted by Gasteiger charge is 2.14. The lowest BCUT2D eigenvalue weighted by Gasteiger charge is -2.13. The molecule has 1 amide bonds. The lowest BCUT2D eigenvalue weighted by atomic mass is 9.99. The Morgan fingerprint density at radius 3 is 2.59 bits per heavy atom. The molecule has 0 bridgehead atoms. The number of hydrogen-bond acceptors (Lipinski definition) is 3. The van der Waals surface area contributed by atoms with Gasteiger partial charge < -0.3 is 10.2 Å². The first kappa shape index (κ1) is 19.1. The maximum atomic E-state index is 12.9. The first-order valence-electron chi connectivity index (χ1n) is 9.36. The van der Waals surface area contributed by atoms with E-state index < -0.39 is 0 Å². The first-order valence-corrected chi connectivity index (χ1v) is 9.36. The number of carbonyl (C=O) groups is 1. The highest BCUT2D eigenvalue weighted by atomic mass is 16.1. The molecule has 0 aliphatic carbocycles. The second-order valence-electron chi connectivity index (χ2n) is 7.30. The molecule has 3 aromatic rings. The van der Waals surface area contributed by atoms with Crippen molar-refractivity contribution in [1.82, 2.24) is 15.2 Å². The van der Waals surface area contributed by atoms with Gasteiger partial charge in [0, 0.05) is 17.5 Å². The molecule has 0 unspecified atom stereocenters. The summed E-state index contributed by atoms with van der Waals surface area (Å²) in [4.78, 5) is 19.8. The number of para-hydroxylation sites is 1. The number of fused-ring (bicyclic) bond motifs is 1. The third kappa shape index (κ3) is 4.52. The molecule has 140 valence electrons. The standard InChI is InChI=1S/C23H27N3O/c1-16-10-11-18(17(2)14-16)22-15-20(19-8-5-6-9-21(19)25-22)23(27)24-12-7-13-26(3)4/h5-6,8-11,14-15H,7,12-13H2,1-4H3,(H,24,27). The van der Waals surface area contributed by atoms with Gasteiger partial charge >= 0.3 is 0 Å². The molecule has 1 heterocycles. The van der Waals surface area contributed by atoms with Crippen molar-refractivity contribution in [3.8, 4) is 11.3 Å². The molecule has 1 N–H and O–H groups in total. The summed E-state index contributed by atoms with van der Waals surface area (Å²) in [6.45, 7) is 5.77. The Kier molecular flexibility index (Phi) is 5.87. The van der Waals surface area contributed by atoms with Crippen molar-refractivity contribution in [2.45, 2.75) is 20.3 Å². The molecule has 0 spiro atoms. The van der Waals surface area contributed by atoms with Crippen LogP contribution in [0.5, 0.6) is 0 Å². The molecule has 3 rings (SSSR count). The topological polar surface area (TPSA) is 45.2 Å². The van der Waals surface area contributed by atoms with E-state index in [9.17, 15) is 4.79 Å². The number of aryl methyl sites for hydroxylation is 2. The van der Waals surface area contributed by atoms with Gasteiger partial charge in [-0.1, -0.05) is 42.0 Å². The van der Waals surface area contributed by atoms with Crippen LogP contribution in [0, 0.1) is 13.8 Å². The van der Waals surface area contributed by atoms with Gasteiger partial charge in [0.2, 0.25) is 0 Å². The average Bonchev–Trinajstić information content (AvgIpc) is 2.64. The van der Waals surface area contributed by atoms with E-state index in [0.29, 0.717) is 12.1 Å². The van der Waals surface area contributed by atoms with Gasteiger partial charge in [-0.15, -0.1) is 0 Å². The quantitative estimate of drug-likeness (QED) is 0.669. The van der Waals surface area contributed by atoms with E-state index in [1.807, 2.05) is 44.4 Å². The van der Waals surface area contributed by atoms with E-state index in [1.54, 1.807) is 0 Å². The van der Waals surface area contributed by atoms with E-state index in [4.69, 9.17) is 4.98 Å². The maximum Gasteiger partial charge on any atom is 0.252 e. The van der Waals surface area contributed by atoms with Gasteiger partial charge in [-0.3, -0.25) is 4.79 Å². The van der Waals surface area contributed by atoms with Crippen molar-refractivity contribution in [2.75, 3.05) is 27.2 Å². The van der Waals surface area contributed by atoms with Crippen LogP contribution in [0.15, 0.2) is 48.5 Å². The minimum absolute atomic E-state index is 0.0432. The van der Waals surface area contributed by atoms with Gasteiger partial charge in [-0.05, 0) is 58.6 Å². The number of pyridine rings is 1. The second-order valence-corrected chi connectivity index (χ2v) is 7.30. The Balaban J connectivity index is 1.97. The average molecular weight is 361 g/mol. The summed E-state index contributed by atoms with van der Waals surface area (Å²) in [6.07, 6.45) is 0.922. The maximum absolute atomic E-state index is 12.9. The molecule has 4 heteroatoms. The van der Waals surface area contributed by atoms with Crippen LogP contribution >= 0.6 is 0 Å². The number of aromatic nitrogens is 1. The predicted molar refractivity (Wildman–Crippen MR) is 112 cm³/mol. The normalized spacial score (nSPS) is 11.1. The van der Waals surface area contributed by atoms with Crippen molar-refractivity contribution >= 4 is 16.8 Å². The molecule has 0 aliphatic rings. The van der Waals surface area contributed by atoms with Crippen molar-refractivity contribution in [2.24, 2.45) is 0 Å². The van der Waals surface area contributed by atoms with Crippen LogP contribution in [0.2, 0.25) is 0 Å². The summed E-state index contributed by atoms with van der Waals surface area (Å²) in [7, 11) is 4.07. The van der Waals surface area contributed by atoms with Crippen LogP contribution in [-0.4, -0.2) is 43.0 Å². The Bertz CT molecular complexity index is 963. The zero-order valence-corrected chi connectivity index (χ0v) is 16.5. The van der Waals surface area contributed by atoms with Gasteiger partial charge in [-0.2, -0.15) is 0 Å². The van der Waals surface area contributed by atoms with E-state index in [0.717, 1.165) is 40.7 Å². The third-order valence-electron chi connectivity index (χ3n) is 4.69. The van der Waals surface area contributed by atoms with Crippen molar-refractivity contribution in [3.63, 3.8) is 0 Å². The molecule has 0 aliphatic heterocycles. The summed E-state index contributed by atoms with van der Waals surface area (Å²) < 4.78 is 0.